The van der Waals surface area contributed by atoms with Crippen LogP contribution in [0.5, 0.6) is 0 Å². The first-order chi connectivity index (χ1) is 6.57. The Hall–Kier alpha value is -0.0800. The molecule has 2 heteroatoms. The summed E-state index contributed by atoms with van der Waals surface area (Å²) in [5.41, 5.74) is 0. The van der Waals surface area contributed by atoms with Gasteiger partial charge in [0.15, 0.2) is 0 Å². The molecule has 0 aromatic rings. The van der Waals surface area contributed by atoms with E-state index in [4.69, 9.17) is 0 Å². The number of aliphatic hydroxyl groups excluding tert-OH is 2. The van der Waals surface area contributed by atoms with Crippen LogP contribution in [0.2, 0.25) is 0 Å². The second-order valence-electron chi connectivity index (χ2n) is 4.55. The van der Waals surface area contributed by atoms with E-state index >= 15 is 0 Å². The van der Waals surface area contributed by atoms with Crippen LogP contribution in [-0.4, -0.2) is 22.4 Å². The molecule has 0 spiro atoms. The summed E-state index contributed by atoms with van der Waals surface area (Å²) in [6, 6.07) is 0. The molecule has 0 aliphatic rings. The largest absolute Gasteiger partial charge is 0.393 e. The fourth-order valence-corrected chi connectivity index (χ4v) is 1.48. The summed E-state index contributed by atoms with van der Waals surface area (Å²) in [6.07, 6.45) is 5.46. The molecule has 86 valence electrons. The van der Waals surface area contributed by atoms with E-state index in [1.54, 1.807) is 0 Å². The van der Waals surface area contributed by atoms with Crippen LogP contribution in [-0.2, 0) is 0 Å². The van der Waals surface area contributed by atoms with Crippen LogP contribution in [0.25, 0.3) is 0 Å². The van der Waals surface area contributed by atoms with Crippen molar-refractivity contribution in [2.75, 3.05) is 0 Å². The zero-order chi connectivity index (χ0) is 11.0. The number of aliphatic hydroxyl groups is 2. The average Bonchev–Trinajstić information content (AvgIpc) is 2.12. The predicted molar refractivity (Wildman–Crippen MR) is 60.2 cm³/mol. The topological polar surface area (TPSA) is 40.5 Å². The van der Waals surface area contributed by atoms with E-state index in [9.17, 15) is 10.2 Å². The molecule has 0 heterocycles. The standard InChI is InChI=1S/C12H26O2/c1-4-5-6-7-8-11(13)9-12(14)10(2)3/h10-14H,4-9H2,1-3H3/t11-,12+/m1/s1. The molecule has 0 saturated heterocycles. The lowest BCUT2D eigenvalue weighted by molar-refractivity contribution is 0.0488. The maximum Gasteiger partial charge on any atom is 0.0587 e. The first-order valence-corrected chi connectivity index (χ1v) is 5.94. The lowest BCUT2D eigenvalue weighted by Gasteiger charge is -2.18. The van der Waals surface area contributed by atoms with Crippen molar-refractivity contribution in [1.29, 1.82) is 0 Å². The van der Waals surface area contributed by atoms with Gasteiger partial charge in [0.05, 0.1) is 12.2 Å². The Bertz CT molecular complexity index is 123. The van der Waals surface area contributed by atoms with Gasteiger partial charge in [-0.2, -0.15) is 0 Å². The second-order valence-corrected chi connectivity index (χ2v) is 4.55. The second kappa shape index (κ2) is 8.25. The Kier molecular flexibility index (Phi) is 8.20. The minimum atomic E-state index is -0.351. The van der Waals surface area contributed by atoms with Crippen LogP contribution in [0.3, 0.4) is 0 Å². The van der Waals surface area contributed by atoms with E-state index in [-0.39, 0.29) is 18.1 Å². The van der Waals surface area contributed by atoms with Crippen LogP contribution in [0.4, 0.5) is 0 Å². The Morgan fingerprint density at radius 3 is 2.14 bits per heavy atom. The lowest BCUT2D eigenvalue weighted by atomic mass is 9.98. The molecule has 0 aliphatic heterocycles. The van der Waals surface area contributed by atoms with Crippen LogP contribution in [0.15, 0.2) is 0 Å². The normalized spacial score (nSPS) is 15.9. The van der Waals surface area contributed by atoms with Gasteiger partial charge in [-0.05, 0) is 18.8 Å². The summed E-state index contributed by atoms with van der Waals surface area (Å²) < 4.78 is 0. The van der Waals surface area contributed by atoms with E-state index < -0.39 is 0 Å². The highest BCUT2D eigenvalue weighted by Crippen LogP contribution is 2.13. The minimum absolute atomic E-state index is 0.250. The van der Waals surface area contributed by atoms with Crippen LogP contribution >= 0.6 is 0 Å². The zero-order valence-electron chi connectivity index (χ0n) is 9.87. The Labute approximate surface area is 88.3 Å². The van der Waals surface area contributed by atoms with Crippen LogP contribution in [0, 0.1) is 5.92 Å². The van der Waals surface area contributed by atoms with Crippen molar-refractivity contribution in [3.05, 3.63) is 0 Å². The maximum absolute atomic E-state index is 9.61. The molecule has 0 aromatic carbocycles. The van der Waals surface area contributed by atoms with Gasteiger partial charge < -0.3 is 10.2 Å². The molecule has 0 saturated carbocycles. The maximum atomic E-state index is 9.61. The molecule has 0 fully saturated rings. The fourth-order valence-electron chi connectivity index (χ4n) is 1.48. The van der Waals surface area contributed by atoms with Gasteiger partial charge in [-0.15, -0.1) is 0 Å². The Morgan fingerprint density at radius 1 is 1.00 bits per heavy atom. The summed E-state index contributed by atoms with van der Waals surface area (Å²) in [7, 11) is 0. The molecule has 0 aliphatic carbocycles. The molecule has 0 radical (unpaired) electrons. The summed E-state index contributed by atoms with van der Waals surface area (Å²) in [5.74, 6) is 0.250. The molecule has 2 atom stereocenters. The molecule has 0 unspecified atom stereocenters. The van der Waals surface area contributed by atoms with Crippen molar-refractivity contribution in [2.45, 2.75) is 71.5 Å². The monoisotopic (exact) mass is 202 g/mol. The van der Waals surface area contributed by atoms with E-state index in [1.807, 2.05) is 13.8 Å². The third-order valence-electron chi connectivity index (χ3n) is 2.67. The fraction of sp³-hybridized carbons (Fsp3) is 1.00. The van der Waals surface area contributed by atoms with Gasteiger partial charge in [0, 0.05) is 0 Å². The van der Waals surface area contributed by atoms with Crippen molar-refractivity contribution >= 4 is 0 Å². The van der Waals surface area contributed by atoms with Gasteiger partial charge in [-0.1, -0.05) is 46.5 Å². The first-order valence-electron chi connectivity index (χ1n) is 5.94. The smallest absolute Gasteiger partial charge is 0.0587 e. The van der Waals surface area contributed by atoms with Gasteiger partial charge in [0.2, 0.25) is 0 Å². The lowest BCUT2D eigenvalue weighted by Crippen LogP contribution is -2.22. The summed E-state index contributed by atoms with van der Waals surface area (Å²) in [6.45, 7) is 6.14. The number of unbranched alkanes of at least 4 members (excludes halogenated alkanes) is 3. The molecule has 0 bridgehead atoms. The highest BCUT2D eigenvalue weighted by molar-refractivity contribution is 4.66. The summed E-state index contributed by atoms with van der Waals surface area (Å²) in [4.78, 5) is 0. The average molecular weight is 202 g/mol. The predicted octanol–water partition coefficient (Wildman–Crippen LogP) is 2.72. The molecule has 14 heavy (non-hydrogen) atoms. The van der Waals surface area contributed by atoms with Crippen molar-refractivity contribution < 1.29 is 10.2 Å². The molecule has 2 nitrogen and oxygen atoms in total. The number of rotatable bonds is 8. The van der Waals surface area contributed by atoms with E-state index in [0.29, 0.717) is 6.42 Å². The van der Waals surface area contributed by atoms with Gasteiger partial charge in [0.1, 0.15) is 0 Å². The Morgan fingerprint density at radius 2 is 1.64 bits per heavy atom. The van der Waals surface area contributed by atoms with E-state index in [1.165, 1.54) is 19.3 Å². The molecular formula is C12H26O2. The van der Waals surface area contributed by atoms with Gasteiger partial charge in [-0.25, -0.2) is 0 Å². The minimum Gasteiger partial charge on any atom is -0.393 e. The van der Waals surface area contributed by atoms with Crippen LogP contribution < -0.4 is 0 Å². The summed E-state index contributed by atoms with van der Waals surface area (Å²) in [5, 5.41) is 19.1. The molecule has 0 rings (SSSR count). The molecule has 0 aromatic heterocycles. The van der Waals surface area contributed by atoms with Crippen LogP contribution in [0.1, 0.15) is 59.3 Å². The molecule has 2 N–H and O–H groups in total. The first kappa shape index (κ1) is 13.9. The van der Waals surface area contributed by atoms with Crippen molar-refractivity contribution in [2.24, 2.45) is 5.92 Å². The van der Waals surface area contributed by atoms with Crippen molar-refractivity contribution in [3.8, 4) is 0 Å². The highest BCUT2D eigenvalue weighted by atomic mass is 16.3. The third kappa shape index (κ3) is 7.34. The highest BCUT2D eigenvalue weighted by Gasteiger charge is 2.14. The van der Waals surface area contributed by atoms with E-state index in [0.717, 1.165) is 12.8 Å². The van der Waals surface area contributed by atoms with Gasteiger partial charge in [-0.3, -0.25) is 0 Å². The van der Waals surface area contributed by atoms with Crippen molar-refractivity contribution in [1.82, 2.24) is 0 Å². The van der Waals surface area contributed by atoms with Gasteiger partial charge >= 0.3 is 0 Å². The third-order valence-corrected chi connectivity index (χ3v) is 2.67. The molecule has 0 amide bonds. The number of hydrogen-bond acceptors (Lipinski definition) is 2. The SMILES string of the molecule is CCCCCC[C@@H](O)C[C@H](O)C(C)C. The number of hydrogen-bond donors (Lipinski definition) is 2. The Balaban J connectivity index is 3.40. The van der Waals surface area contributed by atoms with Gasteiger partial charge in [0.25, 0.3) is 0 Å². The quantitative estimate of drug-likeness (QED) is 0.594. The van der Waals surface area contributed by atoms with Crippen molar-refractivity contribution in [3.63, 3.8) is 0 Å². The van der Waals surface area contributed by atoms with E-state index in [2.05, 4.69) is 6.92 Å². The zero-order valence-corrected chi connectivity index (χ0v) is 9.87. The summed E-state index contributed by atoms with van der Waals surface area (Å²) >= 11 is 0. The molecular weight excluding hydrogens is 176 g/mol.